The first-order chi connectivity index (χ1) is 6.79. The summed E-state index contributed by atoms with van der Waals surface area (Å²) in [7, 11) is 0. The van der Waals surface area contributed by atoms with Crippen LogP contribution in [0.4, 0.5) is 0 Å². The van der Waals surface area contributed by atoms with Crippen molar-refractivity contribution in [3.63, 3.8) is 0 Å². The molecule has 3 heterocycles. The molecule has 82 valence electrons. The Labute approximate surface area is 88.1 Å². The standard InChI is InChI=1S/C12H24N2/c1-3-10(2)8-13-12-9-14-6-4-11(12)5-7-14/h10-13H,3-9H2,1-2H3. The molecule has 0 radical (unpaired) electrons. The molecule has 3 rings (SSSR count). The molecule has 3 fully saturated rings. The smallest absolute Gasteiger partial charge is 0.0224 e. The molecule has 2 bridgehead atoms. The molecule has 0 aromatic rings. The van der Waals surface area contributed by atoms with Crippen LogP contribution in [0.2, 0.25) is 0 Å². The van der Waals surface area contributed by atoms with Gasteiger partial charge in [-0.2, -0.15) is 0 Å². The summed E-state index contributed by atoms with van der Waals surface area (Å²) in [6.07, 6.45) is 4.16. The summed E-state index contributed by atoms with van der Waals surface area (Å²) < 4.78 is 0. The third-order valence-electron chi connectivity index (χ3n) is 4.08. The van der Waals surface area contributed by atoms with Crippen molar-refractivity contribution in [3.05, 3.63) is 0 Å². The highest BCUT2D eigenvalue weighted by atomic mass is 15.2. The van der Waals surface area contributed by atoms with Gasteiger partial charge in [-0.3, -0.25) is 0 Å². The van der Waals surface area contributed by atoms with Crippen LogP contribution in [0.5, 0.6) is 0 Å². The highest BCUT2D eigenvalue weighted by Gasteiger charge is 2.33. The van der Waals surface area contributed by atoms with Gasteiger partial charge in [0.15, 0.2) is 0 Å². The largest absolute Gasteiger partial charge is 0.312 e. The van der Waals surface area contributed by atoms with Crippen molar-refractivity contribution >= 4 is 0 Å². The molecule has 2 nitrogen and oxygen atoms in total. The second-order valence-electron chi connectivity index (χ2n) is 5.17. The first-order valence-corrected chi connectivity index (χ1v) is 6.25. The number of hydrogen-bond acceptors (Lipinski definition) is 2. The molecule has 2 atom stereocenters. The van der Waals surface area contributed by atoms with Crippen molar-refractivity contribution in [1.29, 1.82) is 0 Å². The summed E-state index contributed by atoms with van der Waals surface area (Å²) in [6, 6.07) is 0.798. The summed E-state index contributed by atoms with van der Waals surface area (Å²) in [5.74, 6) is 1.81. The van der Waals surface area contributed by atoms with Gasteiger partial charge in [-0.25, -0.2) is 0 Å². The van der Waals surface area contributed by atoms with E-state index in [-0.39, 0.29) is 0 Å². The number of hydrogen-bond donors (Lipinski definition) is 1. The van der Waals surface area contributed by atoms with Gasteiger partial charge in [0.2, 0.25) is 0 Å². The van der Waals surface area contributed by atoms with Gasteiger partial charge in [-0.05, 0) is 44.3 Å². The maximum Gasteiger partial charge on any atom is 0.0224 e. The van der Waals surface area contributed by atoms with Gasteiger partial charge in [0, 0.05) is 12.6 Å². The fourth-order valence-corrected chi connectivity index (χ4v) is 2.69. The highest BCUT2D eigenvalue weighted by molar-refractivity contribution is 4.90. The summed E-state index contributed by atoms with van der Waals surface area (Å²) in [4.78, 5) is 2.62. The predicted molar refractivity (Wildman–Crippen MR) is 60.4 cm³/mol. The molecular weight excluding hydrogens is 172 g/mol. The fourth-order valence-electron chi connectivity index (χ4n) is 2.69. The minimum Gasteiger partial charge on any atom is -0.312 e. The van der Waals surface area contributed by atoms with E-state index in [4.69, 9.17) is 0 Å². The third kappa shape index (κ3) is 2.29. The second kappa shape index (κ2) is 4.63. The maximum absolute atomic E-state index is 3.76. The van der Waals surface area contributed by atoms with Crippen molar-refractivity contribution < 1.29 is 0 Å². The van der Waals surface area contributed by atoms with Crippen molar-refractivity contribution in [3.8, 4) is 0 Å². The van der Waals surface area contributed by atoms with E-state index in [1.165, 1.54) is 45.4 Å². The second-order valence-corrected chi connectivity index (χ2v) is 5.17. The molecule has 0 saturated carbocycles. The molecule has 0 amide bonds. The zero-order chi connectivity index (χ0) is 9.97. The van der Waals surface area contributed by atoms with Gasteiger partial charge in [-0.15, -0.1) is 0 Å². The molecule has 14 heavy (non-hydrogen) atoms. The Morgan fingerprint density at radius 2 is 2.07 bits per heavy atom. The van der Waals surface area contributed by atoms with Crippen LogP contribution < -0.4 is 5.32 Å². The van der Waals surface area contributed by atoms with Crippen LogP contribution in [-0.2, 0) is 0 Å². The molecule has 0 spiro atoms. The summed E-state index contributed by atoms with van der Waals surface area (Å²) in [6.45, 7) is 9.85. The van der Waals surface area contributed by atoms with E-state index < -0.39 is 0 Å². The number of rotatable bonds is 4. The zero-order valence-corrected chi connectivity index (χ0v) is 9.63. The van der Waals surface area contributed by atoms with E-state index in [2.05, 4.69) is 24.1 Å². The van der Waals surface area contributed by atoms with Crippen LogP contribution in [0.25, 0.3) is 0 Å². The van der Waals surface area contributed by atoms with Crippen LogP contribution in [0, 0.1) is 11.8 Å². The lowest BCUT2D eigenvalue weighted by atomic mass is 9.84. The Hall–Kier alpha value is -0.0800. The van der Waals surface area contributed by atoms with Crippen LogP contribution in [0.15, 0.2) is 0 Å². The number of fused-ring (bicyclic) bond motifs is 3. The lowest BCUT2D eigenvalue weighted by molar-refractivity contribution is 0.0711. The first-order valence-electron chi connectivity index (χ1n) is 6.25. The number of piperidine rings is 3. The maximum atomic E-state index is 3.76. The van der Waals surface area contributed by atoms with Crippen molar-refractivity contribution in [2.24, 2.45) is 11.8 Å². The molecule has 0 aromatic heterocycles. The van der Waals surface area contributed by atoms with E-state index in [1.807, 2.05) is 0 Å². The topological polar surface area (TPSA) is 15.3 Å². The van der Waals surface area contributed by atoms with Crippen molar-refractivity contribution in [2.45, 2.75) is 39.2 Å². The molecule has 3 aliphatic heterocycles. The predicted octanol–water partition coefficient (Wildman–Crippen LogP) is 1.72. The molecule has 3 aliphatic rings. The average Bonchev–Trinajstić information content (AvgIpc) is 2.27. The lowest BCUT2D eigenvalue weighted by Crippen LogP contribution is -2.56. The van der Waals surface area contributed by atoms with Gasteiger partial charge < -0.3 is 10.2 Å². The SMILES string of the molecule is CCC(C)CNC1CN2CCC1CC2. The normalized spacial score (nSPS) is 38.6. The summed E-state index contributed by atoms with van der Waals surface area (Å²) in [5.41, 5.74) is 0. The van der Waals surface area contributed by atoms with E-state index in [0.717, 1.165) is 17.9 Å². The van der Waals surface area contributed by atoms with E-state index >= 15 is 0 Å². The first kappa shape index (κ1) is 10.4. The Morgan fingerprint density at radius 3 is 2.57 bits per heavy atom. The van der Waals surface area contributed by atoms with Gasteiger partial charge >= 0.3 is 0 Å². The molecular formula is C12H24N2. The minimum atomic E-state index is 0.798. The van der Waals surface area contributed by atoms with Gasteiger partial charge in [-0.1, -0.05) is 20.3 Å². The molecule has 2 unspecified atom stereocenters. The molecule has 2 heteroatoms. The molecule has 0 aromatic carbocycles. The lowest BCUT2D eigenvalue weighted by Gasteiger charge is -2.45. The fraction of sp³-hybridized carbons (Fsp3) is 1.00. The third-order valence-corrected chi connectivity index (χ3v) is 4.08. The number of nitrogens with one attached hydrogen (secondary N) is 1. The Balaban J connectivity index is 1.76. The van der Waals surface area contributed by atoms with E-state index in [0.29, 0.717) is 0 Å². The average molecular weight is 196 g/mol. The monoisotopic (exact) mass is 196 g/mol. The van der Waals surface area contributed by atoms with Gasteiger partial charge in [0.1, 0.15) is 0 Å². The summed E-state index contributed by atoms with van der Waals surface area (Å²) in [5, 5.41) is 3.76. The van der Waals surface area contributed by atoms with Crippen LogP contribution >= 0.6 is 0 Å². The van der Waals surface area contributed by atoms with Crippen molar-refractivity contribution in [1.82, 2.24) is 10.2 Å². The Kier molecular flexibility index (Phi) is 3.45. The van der Waals surface area contributed by atoms with E-state index in [9.17, 15) is 0 Å². The zero-order valence-electron chi connectivity index (χ0n) is 9.63. The van der Waals surface area contributed by atoms with Crippen molar-refractivity contribution in [2.75, 3.05) is 26.2 Å². The van der Waals surface area contributed by atoms with Crippen LogP contribution in [0.3, 0.4) is 0 Å². The van der Waals surface area contributed by atoms with E-state index in [1.54, 1.807) is 0 Å². The molecule has 0 aliphatic carbocycles. The quantitative estimate of drug-likeness (QED) is 0.736. The van der Waals surface area contributed by atoms with Gasteiger partial charge in [0.25, 0.3) is 0 Å². The number of nitrogens with zero attached hydrogens (tertiary/aromatic N) is 1. The van der Waals surface area contributed by atoms with Gasteiger partial charge in [0.05, 0.1) is 0 Å². The Morgan fingerprint density at radius 1 is 1.36 bits per heavy atom. The summed E-state index contributed by atoms with van der Waals surface area (Å²) >= 11 is 0. The minimum absolute atomic E-state index is 0.798. The van der Waals surface area contributed by atoms with Crippen LogP contribution in [-0.4, -0.2) is 37.1 Å². The molecule has 3 saturated heterocycles. The Bertz CT molecular complexity index is 173. The molecule has 1 N–H and O–H groups in total. The highest BCUT2D eigenvalue weighted by Crippen LogP contribution is 2.27. The van der Waals surface area contributed by atoms with Crippen LogP contribution in [0.1, 0.15) is 33.1 Å².